The number of nitrogens with zero attached hydrogens (tertiary/aromatic N) is 1. The van der Waals surface area contributed by atoms with E-state index in [4.69, 9.17) is 14.2 Å². The molecule has 0 unspecified atom stereocenters. The Balaban J connectivity index is 1.77. The summed E-state index contributed by atoms with van der Waals surface area (Å²) in [7, 11) is 1.57. The average molecular weight is 410 g/mol. The molecule has 3 amide bonds. The molecule has 2 fully saturated rings. The number of amides is 3. The first-order chi connectivity index (χ1) is 14.0. The highest BCUT2D eigenvalue weighted by molar-refractivity contribution is 5.86. The van der Waals surface area contributed by atoms with E-state index in [9.17, 15) is 19.6 Å². The molecule has 1 heterocycles. The summed E-state index contributed by atoms with van der Waals surface area (Å²) in [5.41, 5.74) is 0. The Morgan fingerprint density at radius 1 is 1.17 bits per heavy atom. The molecule has 0 radical (unpaired) electrons. The van der Waals surface area contributed by atoms with Crippen LogP contribution in [0, 0.1) is 23.2 Å². The van der Waals surface area contributed by atoms with Crippen molar-refractivity contribution in [2.24, 2.45) is 11.8 Å². The van der Waals surface area contributed by atoms with Crippen molar-refractivity contribution in [3.63, 3.8) is 0 Å². The van der Waals surface area contributed by atoms with Crippen LogP contribution in [0.15, 0.2) is 0 Å². The summed E-state index contributed by atoms with van der Waals surface area (Å²) in [6.07, 6.45) is 2.72. The van der Waals surface area contributed by atoms with E-state index >= 15 is 0 Å². The number of carbonyl (C=O) groups excluding carboxylic acids is 3. The largest absolute Gasteiger partial charge is 0.447 e. The molecule has 1 saturated heterocycles. The van der Waals surface area contributed by atoms with Crippen molar-refractivity contribution in [3.05, 3.63) is 0 Å². The molecule has 1 saturated carbocycles. The van der Waals surface area contributed by atoms with Crippen LogP contribution >= 0.6 is 0 Å². The van der Waals surface area contributed by atoms with E-state index in [2.05, 4.69) is 16.0 Å². The van der Waals surface area contributed by atoms with Gasteiger partial charge in [-0.2, -0.15) is 5.26 Å². The minimum absolute atomic E-state index is 0.0604. The van der Waals surface area contributed by atoms with E-state index in [1.165, 1.54) is 0 Å². The van der Waals surface area contributed by atoms with Gasteiger partial charge in [-0.25, -0.2) is 4.79 Å². The normalized spacial score (nSPS) is 20.3. The maximum atomic E-state index is 12.6. The van der Waals surface area contributed by atoms with Crippen LogP contribution in [0.25, 0.3) is 0 Å². The molecule has 3 atom stereocenters. The lowest BCUT2D eigenvalue weighted by atomic mass is 9.98. The lowest BCUT2D eigenvalue weighted by molar-refractivity contribution is -0.125. The van der Waals surface area contributed by atoms with E-state index in [1.807, 2.05) is 6.07 Å². The fourth-order valence-electron chi connectivity index (χ4n) is 3.11. The molecule has 0 aromatic carbocycles. The highest BCUT2D eigenvalue weighted by Crippen LogP contribution is 2.33. The number of hydrogen-bond acceptors (Lipinski definition) is 7. The maximum Gasteiger partial charge on any atom is 0.407 e. The smallest absolute Gasteiger partial charge is 0.407 e. The van der Waals surface area contributed by atoms with Crippen molar-refractivity contribution >= 4 is 17.9 Å². The van der Waals surface area contributed by atoms with Crippen molar-refractivity contribution < 1.29 is 28.6 Å². The third-order valence-corrected chi connectivity index (χ3v) is 4.92. The van der Waals surface area contributed by atoms with Gasteiger partial charge < -0.3 is 30.2 Å². The van der Waals surface area contributed by atoms with Crippen LogP contribution in [0.4, 0.5) is 4.79 Å². The van der Waals surface area contributed by atoms with Crippen LogP contribution in [-0.4, -0.2) is 70.1 Å². The Hall–Kier alpha value is -2.38. The van der Waals surface area contributed by atoms with Crippen molar-refractivity contribution in [1.82, 2.24) is 16.0 Å². The molecule has 2 rings (SSSR count). The van der Waals surface area contributed by atoms with Crippen LogP contribution in [0.2, 0.25) is 0 Å². The average Bonchev–Trinajstić information content (AvgIpc) is 3.43. The molecule has 1 aliphatic carbocycles. The van der Waals surface area contributed by atoms with Gasteiger partial charge >= 0.3 is 6.09 Å². The lowest BCUT2D eigenvalue weighted by Crippen LogP contribution is -2.50. The van der Waals surface area contributed by atoms with Crippen molar-refractivity contribution in [2.75, 3.05) is 40.1 Å². The third kappa shape index (κ3) is 8.66. The van der Waals surface area contributed by atoms with Crippen LogP contribution in [0.5, 0.6) is 0 Å². The second-order valence-corrected chi connectivity index (χ2v) is 7.32. The summed E-state index contributed by atoms with van der Waals surface area (Å²) >= 11 is 0. The van der Waals surface area contributed by atoms with Gasteiger partial charge in [0.1, 0.15) is 18.7 Å². The van der Waals surface area contributed by atoms with Gasteiger partial charge in [-0.3, -0.25) is 9.59 Å². The van der Waals surface area contributed by atoms with Gasteiger partial charge in [-0.15, -0.1) is 0 Å². The molecule has 0 bridgehead atoms. The van der Waals surface area contributed by atoms with Crippen LogP contribution in [-0.2, 0) is 23.8 Å². The number of nitrogens with one attached hydrogen (secondary N) is 3. The fourth-order valence-corrected chi connectivity index (χ4v) is 3.11. The first kappa shape index (κ1) is 22.9. The maximum absolute atomic E-state index is 12.6. The zero-order valence-electron chi connectivity index (χ0n) is 16.8. The minimum Gasteiger partial charge on any atom is -0.447 e. The molecule has 1 aliphatic heterocycles. The standard InChI is InChI=1S/C19H30N4O6/c1-27-6-7-28-8-9-29-19(26)23-16(10-13-2-3-13)18(25)22-15(12-20)11-14-4-5-21-17(14)24/h13-16H,2-11H2,1H3,(H,21,24)(H,22,25)(H,23,26)/t14-,15-,16-/m0/s1. The number of hydrogen-bond donors (Lipinski definition) is 3. The quantitative estimate of drug-likeness (QED) is 0.365. The number of rotatable bonds is 13. The molecule has 0 aromatic heterocycles. The summed E-state index contributed by atoms with van der Waals surface area (Å²) in [4.78, 5) is 36.4. The second kappa shape index (κ2) is 12.2. The van der Waals surface area contributed by atoms with Gasteiger partial charge in [0.25, 0.3) is 0 Å². The minimum atomic E-state index is -0.787. The highest BCUT2D eigenvalue weighted by Gasteiger charge is 2.33. The number of alkyl carbamates (subject to hydrolysis) is 1. The van der Waals surface area contributed by atoms with Crippen LogP contribution < -0.4 is 16.0 Å². The van der Waals surface area contributed by atoms with Gasteiger partial charge in [0.05, 0.1) is 25.9 Å². The lowest BCUT2D eigenvalue weighted by Gasteiger charge is -2.21. The van der Waals surface area contributed by atoms with Crippen molar-refractivity contribution in [1.29, 1.82) is 5.26 Å². The van der Waals surface area contributed by atoms with Gasteiger partial charge in [0.2, 0.25) is 11.8 Å². The fraction of sp³-hybridized carbons (Fsp3) is 0.789. The van der Waals surface area contributed by atoms with Crippen molar-refractivity contribution in [3.8, 4) is 6.07 Å². The zero-order valence-corrected chi connectivity index (χ0v) is 16.8. The molecular weight excluding hydrogens is 380 g/mol. The molecule has 10 nitrogen and oxygen atoms in total. The summed E-state index contributed by atoms with van der Waals surface area (Å²) in [5, 5.41) is 17.3. The van der Waals surface area contributed by atoms with E-state index < -0.39 is 24.1 Å². The Bertz CT molecular complexity index is 604. The van der Waals surface area contributed by atoms with E-state index in [1.54, 1.807) is 7.11 Å². The molecular formula is C19H30N4O6. The number of carbonyl (C=O) groups is 3. The zero-order chi connectivity index (χ0) is 21.1. The van der Waals surface area contributed by atoms with Crippen LogP contribution in [0.3, 0.4) is 0 Å². The summed E-state index contributed by atoms with van der Waals surface area (Å²) < 4.78 is 15.1. The molecule has 3 N–H and O–H groups in total. The molecule has 162 valence electrons. The third-order valence-electron chi connectivity index (χ3n) is 4.92. The molecule has 0 aromatic rings. The van der Waals surface area contributed by atoms with E-state index in [0.29, 0.717) is 38.5 Å². The SMILES string of the molecule is COCCOCCOC(=O)N[C@@H](CC1CC1)C(=O)N[C@H](C#N)C[C@@H]1CCNC1=O. The van der Waals surface area contributed by atoms with Crippen molar-refractivity contribution in [2.45, 2.75) is 44.2 Å². The number of methoxy groups -OCH3 is 1. The molecule has 29 heavy (non-hydrogen) atoms. The Kier molecular flexibility index (Phi) is 9.67. The monoisotopic (exact) mass is 410 g/mol. The summed E-state index contributed by atoms with van der Waals surface area (Å²) in [6, 6.07) is 0.467. The molecule has 2 aliphatic rings. The summed E-state index contributed by atoms with van der Waals surface area (Å²) in [6.45, 7) is 1.74. The Morgan fingerprint density at radius 3 is 2.55 bits per heavy atom. The highest BCUT2D eigenvalue weighted by atomic mass is 16.6. The summed E-state index contributed by atoms with van der Waals surface area (Å²) in [5.74, 6) is -0.430. The van der Waals surface area contributed by atoms with E-state index in [0.717, 1.165) is 12.8 Å². The molecule has 0 spiro atoms. The Morgan fingerprint density at radius 2 is 1.93 bits per heavy atom. The topological polar surface area (TPSA) is 139 Å². The number of nitriles is 1. The Labute approximate surface area is 170 Å². The number of ether oxygens (including phenoxy) is 3. The van der Waals surface area contributed by atoms with Crippen LogP contribution in [0.1, 0.15) is 32.1 Å². The van der Waals surface area contributed by atoms with Gasteiger partial charge in [-0.05, 0) is 25.2 Å². The molecule has 10 heteroatoms. The van der Waals surface area contributed by atoms with E-state index in [-0.39, 0.29) is 31.5 Å². The first-order valence-electron chi connectivity index (χ1n) is 10.0. The van der Waals surface area contributed by atoms with Gasteiger partial charge in [0, 0.05) is 19.6 Å². The first-order valence-corrected chi connectivity index (χ1v) is 10.0. The predicted molar refractivity (Wildman–Crippen MR) is 102 cm³/mol. The van der Waals surface area contributed by atoms with Gasteiger partial charge in [0.15, 0.2) is 0 Å². The second-order valence-electron chi connectivity index (χ2n) is 7.32. The predicted octanol–water partition coefficient (Wildman–Crippen LogP) is 0.0789. The van der Waals surface area contributed by atoms with Gasteiger partial charge in [-0.1, -0.05) is 12.8 Å².